The lowest BCUT2D eigenvalue weighted by Crippen LogP contribution is -2.19. The standard InChI is InChI=1S/C18H12Cl2N2O/c19-13-4-1-11(2-5-13)9-12-3-7-15-17(12)21-16-8-6-14(20)10-22(16)18(15)23/h1-2,4-6,8-10H,3,7H2. The minimum Gasteiger partial charge on any atom is -0.269 e. The van der Waals surface area contributed by atoms with Gasteiger partial charge in [-0.3, -0.25) is 9.20 Å². The van der Waals surface area contributed by atoms with Gasteiger partial charge >= 0.3 is 0 Å². The number of nitrogens with zero attached hydrogens (tertiary/aromatic N) is 2. The molecule has 0 atom stereocenters. The van der Waals surface area contributed by atoms with Crippen LogP contribution in [0, 0.1) is 0 Å². The molecule has 0 aliphatic heterocycles. The molecule has 0 fully saturated rings. The van der Waals surface area contributed by atoms with Gasteiger partial charge in [0.25, 0.3) is 5.56 Å². The Morgan fingerprint density at radius 3 is 2.52 bits per heavy atom. The van der Waals surface area contributed by atoms with Gasteiger partial charge in [-0.2, -0.15) is 0 Å². The SMILES string of the molecule is O=c1c2c(nc3ccc(Cl)cn13)C(=Cc1ccc(Cl)cc1)CC2. The highest BCUT2D eigenvalue weighted by atomic mass is 35.5. The van der Waals surface area contributed by atoms with Crippen molar-refractivity contribution in [1.82, 2.24) is 9.38 Å². The first kappa shape index (κ1) is 14.5. The third kappa shape index (κ3) is 2.56. The van der Waals surface area contributed by atoms with E-state index in [1.54, 1.807) is 18.3 Å². The summed E-state index contributed by atoms with van der Waals surface area (Å²) in [6.07, 6.45) is 5.20. The predicted octanol–water partition coefficient (Wildman–Crippen LogP) is 4.49. The Balaban J connectivity index is 1.88. The average molecular weight is 343 g/mol. The van der Waals surface area contributed by atoms with Gasteiger partial charge in [0.2, 0.25) is 0 Å². The molecule has 2 aromatic heterocycles. The molecule has 0 N–H and O–H groups in total. The monoisotopic (exact) mass is 342 g/mol. The molecule has 3 nitrogen and oxygen atoms in total. The van der Waals surface area contributed by atoms with Crippen LogP contribution in [-0.2, 0) is 6.42 Å². The molecule has 114 valence electrons. The lowest BCUT2D eigenvalue weighted by atomic mass is 10.1. The van der Waals surface area contributed by atoms with Gasteiger partial charge in [-0.25, -0.2) is 4.98 Å². The Labute approximate surface area is 142 Å². The number of hydrogen-bond donors (Lipinski definition) is 0. The van der Waals surface area contributed by atoms with Crippen LogP contribution in [0.15, 0.2) is 47.4 Å². The van der Waals surface area contributed by atoms with E-state index >= 15 is 0 Å². The highest BCUT2D eigenvalue weighted by molar-refractivity contribution is 6.30. The summed E-state index contributed by atoms with van der Waals surface area (Å²) >= 11 is 11.9. The molecule has 0 radical (unpaired) electrons. The Morgan fingerprint density at radius 1 is 1.00 bits per heavy atom. The molecule has 0 spiro atoms. The van der Waals surface area contributed by atoms with Crippen molar-refractivity contribution in [3.8, 4) is 0 Å². The van der Waals surface area contributed by atoms with Crippen molar-refractivity contribution in [2.75, 3.05) is 0 Å². The second kappa shape index (κ2) is 5.52. The normalized spacial score (nSPS) is 15.3. The Bertz CT molecular complexity index is 1000. The van der Waals surface area contributed by atoms with Crippen molar-refractivity contribution in [3.05, 3.63) is 79.8 Å². The van der Waals surface area contributed by atoms with E-state index in [1.165, 1.54) is 4.40 Å². The summed E-state index contributed by atoms with van der Waals surface area (Å²) in [6.45, 7) is 0. The van der Waals surface area contributed by atoms with E-state index < -0.39 is 0 Å². The molecule has 1 aliphatic carbocycles. The highest BCUT2D eigenvalue weighted by Gasteiger charge is 2.22. The van der Waals surface area contributed by atoms with E-state index in [9.17, 15) is 4.79 Å². The van der Waals surface area contributed by atoms with Crippen LogP contribution in [0.2, 0.25) is 10.0 Å². The minimum atomic E-state index is -0.0352. The molecule has 0 amide bonds. The molecule has 4 rings (SSSR count). The third-order valence-corrected chi connectivity index (χ3v) is 4.51. The van der Waals surface area contributed by atoms with Gasteiger partial charge in [0.1, 0.15) is 5.65 Å². The summed E-state index contributed by atoms with van der Waals surface area (Å²) in [4.78, 5) is 17.3. The van der Waals surface area contributed by atoms with Gasteiger partial charge in [0.15, 0.2) is 0 Å². The van der Waals surface area contributed by atoms with Gasteiger partial charge in [-0.15, -0.1) is 0 Å². The maximum absolute atomic E-state index is 12.6. The maximum Gasteiger partial charge on any atom is 0.261 e. The zero-order valence-corrected chi connectivity index (χ0v) is 13.6. The Morgan fingerprint density at radius 2 is 1.74 bits per heavy atom. The number of pyridine rings is 1. The van der Waals surface area contributed by atoms with Gasteiger partial charge in [-0.05, 0) is 54.3 Å². The number of allylic oxidation sites excluding steroid dienone is 1. The van der Waals surface area contributed by atoms with Crippen LogP contribution in [0.3, 0.4) is 0 Å². The smallest absolute Gasteiger partial charge is 0.261 e. The molecule has 2 heterocycles. The molecule has 0 unspecified atom stereocenters. The molecule has 0 saturated heterocycles. The molecule has 0 bridgehead atoms. The minimum absolute atomic E-state index is 0.0352. The fraction of sp³-hybridized carbons (Fsp3) is 0.111. The van der Waals surface area contributed by atoms with Crippen molar-refractivity contribution in [3.63, 3.8) is 0 Å². The number of hydrogen-bond acceptors (Lipinski definition) is 2. The zero-order valence-electron chi connectivity index (χ0n) is 12.1. The van der Waals surface area contributed by atoms with E-state index in [-0.39, 0.29) is 5.56 Å². The number of rotatable bonds is 1. The molecule has 1 aromatic carbocycles. The quantitative estimate of drug-likeness (QED) is 0.653. The van der Waals surface area contributed by atoms with E-state index in [2.05, 4.69) is 11.1 Å². The average Bonchev–Trinajstić information content (AvgIpc) is 2.94. The molecule has 1 aliphatic rings. The largest absolute Gasteiger partial charge is 0.269 e. The van der Waals surface area contributed by atoms with Crippen LogP contribution >= 0.6 is 23.2 Å². The fourth-order valence-corrected chi connectivity index (χ4v) is 3.21. The first-order chi connectivity index (χ1) is 11.1. The molecule has 5 heteroatoms. The summed E-state index contributed by atoms with van der Waals surface area (Å²) < 4.78 is 1.52. The topological polar surface area (TPSA) is 34.4 Å². The maximum atomic E-state index is 12.6. The van der Waals surface area contributed by atoms with E-state index in [0.29, 0.717) is 22.1 Å². The second-order valence-corrected chi connectivity index (χ2v) is 6.41. The number of halogens is 2. The first-order valence-electron chi connectivity index (χ1n) is 7.29. The van der Waals surface area contributed by atoms with Crippen molar-refractivity contribution >= 4 is 40.5 Å². The van der Waals surface area contributed by atoms with Crippen LogP contribution in [0.5, 0.6) is 0 Å². The summed E-state index contributed by atoms with van der Waals surface area (Å²) in [5.74, 6) is 0. The van der Waals surface area contributed by atoms with Crippen molar-refractivity contribution < 1.29 is 0 Å². The Kier molecular flexibility index (Phi) is 3.47. The van der Waals surface area contributed by atoms with Crippen molar-refractivity contribution in [2.24, 2.45) is 0 Å². The second-order valence-electron chi connectivity index (χ2n) is 5.54. The van der Waals surface area contributed by atoms with Crippen molar-refractivity contribution in [2.45, 2.75) is 12.8 Å². The zero-order chi connectivity index (χ0) is 16.0. The van der Waals surface area contributed by atoms with Crippen LogP contribution in [0.4, 0.5) is 0 Å². The van der Waals surface area contributed by atoms with Gasteiger partial charge in [0, 0.05) is 16.8 Å². The van der Waals surface area contributed by atoms with Crippen LogP contribution in [0.25, 0.3) is 17.3 Å². The Hall–Kier alpha value is -2.10. The molecular weight excluding hydrogens is 331 g/mol. The lowest BCUT2D eigenvalue weighted by Gasteiger charge is -2.05. The number of benzene rings is 1. The van der Waals surface area contributed by atoms with E-state index in [4.69, 9.17) is 23.2 Å². The van der Waals surface area contributed by atoms with Crippen LogP contribution in [0.1, 0.15) is 23.2 Å². The van der Waals surface area contributed by atoms with Gasteiger partial charge in [0.05, 0.1) is 10.7 Å². The van der Waals surface area contributed by atoms with E-state index in [0.717, 1.165) is 28.8 Å². The predicted molar refractivity (Wildman–Crippen MR) is 94.1 cm³/mol. The van der Waals surface area contributed by atoms with Crippen molar-refractivity contribution in [1.29, 1.82) is 0 Å². The van der Waals surface area contributed by atoms with Crippen LogP contribution < -0.4 is 5.56 Å². The summed E-state index contributed by atoms with van der Waals surface area (Å²) in [6, 6.07) is 11.1. The summed E-state index contributed by atoms with van der Waals surface area (Å²) in [5.41, 5.74) is 4.26. The molecule has 3 aromatic rings. The van der Waals surface area contributed by atoms with Gasteiger partial charge in [-0.1, -0.05) is 35.3 Å². The number of fused-ring (bicyclic) bond motifs is 2. The lowest BCUT2D eigenvalue weighted by molar-refractivity contribution is 0.971. The highest BCUT2D eigenvalue weighted by Crippen LogP contribution is 2.31. The van der Waals surface area contributed by atoms with E-state index in [1.807, 2.05) is 24.3 Å². The van der Waals surface area contributed by atoms with Gasteiger partial charge < -0.3 is 0 Å². The molecule has 23 heavy (non-hydrogen) atoms. The fourth-order valence-electron chi connectivity index (χ4n) is 2.92. The van der Waals surface area contributed by atoms with Crippen LogP contribution in [-0.4, -0.2) is 9.38 Å². The molecule has 0 saturated carbocycles. The first-order valence-corrected chi connectivity index (χ1v) is 8.05. The number of aromatic nitrogens is 2. The summed E-state index contributed by atoms with van der Waals surface area (Å²) in [7, 11) is 0. The third-order valence-electron chi connectivity index (χ3n) is 4.04. The molecular formula is C18H12Cl2N2O. The summed E-state index contributed by atoms with van der Waals surface area (Å²) in [5, 5.41) is 1.23.